The molecule has 8 heteroatoms. The fourth-order valence-electron chi connectivity index (χ4n) is 3.66. The molecule has 32 heavy (non-hydrogen) atoms. The topological polar surface area (TPSA) is 99.7 Å². The van der Waals surface area contributed by atoms with E-state index in [2.05, 4.69) is 22.0 Å². The molecule has 2 atom stereocenters. The Morgan fingerprint density at radius 3 is 2.47 bits per heavy atom. The number of ether oxygens (including phenoxy) is 1. The standard InChI is InChI=1S/C24H21N3O4S/c28-22(27-18-11-12-31-24(18)30)14-5-8-16(9-6-14)25-23(29)15-7-10-21-19(13-15)26-17-3-1-2-4-20(17)32-21/h1-10,13,18,24,26,30H,11-12H2,(H,25,29)(H,27,28)/t18-,24?/m0/s1. The van der Waals surface area contributed by atoms with Crippen LogP contribution in [0.3, 0.4) is 0 Å². The highest BCUT2D eigenvalue weighted by molar-refractivity contribution is 7.99. The molecule has 2 aliphatic rings. The molecular formula is C24H21N3O4S. The predicted molar refractivity (Wildman–Crippen MR) is 123 cm³/mol. The summed E-state index contributed by atoms with van der Waals surface area (Å²) in [6.45, 7) is 0.417. The van der Waals surface area contributed by atoms with Gasteiger partial charge in [0.25, 0.3) is 11.8 Å². The number of anilines is 3. The molecule has 3 aromatic carbocycles. The maximum absolute atomic E-state index is 12.8. The lowest BCUT2D eigenvalue weighted by Gasteiger charge is -2.21. The molecule has 0 aliphatic carbocycles. The third kappa shape index (κ3) is 4.20. The molecule has 1 unspecified atom stereocenters. The van der Waals surface area contributed by atoms with Crippen molar-refractivity contribution in [2.75, 3.05) is 17.2 Å². The first-order valence-electron chi connectivity index (χ1n) is 10.3. The van der Waals surface area contributed by atoms with E-state index in [1.165, 1.54) is 0 Å². The summed E-state index contributed by atoms with van der Waals surface area (Å²) in [5, 5.41) is 18.7. The van der Waals surface area contributed by atoms with E-state index in [0.29, 0.717) is 29.8 Å². The van der Waals surface area contributed by atoms with Crippen molar-refractivity contribution < 1.29 is 19.4 Å². The summed E-state index contributed by atoms with van der Waals surface area (Å²) in [7, 11) is 0. The van der Waals surface area contributed by atoms with Crippen LogP contribution in [0.1, 0.15) is 27.1 Å². The van der Waals surface area contributed by atoms with Gasteiger partial charge in [-0.2, -0.15) is 0 Å². The lowest BCUT2D eigenvalue weighted by Crippen LogP contribution is -2.40. The number of amides is 2. The van der Waals surface area contributed by atoms with E-state index in [4.69, 9.17) is 4.74 Å². The van der Waals surface area contributed by atoms with Crippen molar-refractivity contribution in [3.63, 3.8) is 0 Å². The monoisotopic (exact) mass is 447 g/mol. The molecule has 0 aromatic heterocycles. The van der Waals surface area contributed by atoms with Crippen molar-refractivity contribution in [2.45, 2.75) is 28.5 Å². The number of para-hydroxylation sites is 1. The van der Waals surface area contributed by atoms with Crippen LogP contribution in [0.25, 0.3) is 0 Å². The van der Waals surface area contributed by atoms with E-state index in [9.17, 15) is 14.7 Å². The minimum absolute atomic E-state index is 0.234. The van der Waals surface area contributed by atoms with E-state index >= 15 is 0 Å². The minimum Gasteiger partial charge on any atom is -0.366 e. The van der Waals surface area contributed by atoms with Gasteiger partial charge in [0.15, 0.2) is 6.29 Å². The van der Waals surface area contributed by atoms with Gasteiger partial charge in [0.1, 0.15) is 0 Å². The average molecular weight is 448 g/mol. The van der Waals surface area contributed by atoms with E-state index in [1.54, 1.807) is 42.1 Å². The minimum atomic E-state index is -0.976. The van der Waals surface area contributed by atoms with Crippen LogP contribution >= 0.6 is 11.8 Å². The third-order valence-corrected chi connectivity index (χ3v) is 6.55. The van der Waals surface area contributed by atoms with Crippen LogP contribution in [0.2, 0.25) is 0 Å². The lowest BCUT2D eigenvalue weighted by atomic mass is 10.1. The number of hydrogen-bond donors (Lipinski definition) is 4. The molecule has 3 aromatic rings. The Morgan fingerprint density at radius 2 is 1.69 bits per heavy atom. The first kappa shape index (κ1) is 20.6. The van der Waals surface area contributed by atoms with Crippen LogP contribution in [-0.4, -0.2) is 35.9 Å². The van der Waals surface area contributed by atoms with Crippen molar-refractivity contribution in [3.05, 3.63) is 77.9 Å². The van der Waals surface area contributed by atoms with Crippen LogP contribution in [0.4, 0.5) is 17.1 Å². The van der Waals surface area contributed by atoms with Gasteiger partial charge < -0.3 is 25.8 Å². The van der Waals surface area contributed by atoms with Crippen molar-refractivity contribution in [2.24, 2.45) is 0 Å². The lowest BCUT2D eigenvalue weighted by molar-refractivity contribution is -0.0704. The molecule has 0 saturated carbocycles. The first-order valence-corrected chi connectivity index (χ1v) is 11.1. The number of carbonyl (C=O) groups excluding carboxylic acids is 2. The normalized spacial score (nSPS) is 18.8. The fraction of sp³-hybridized carbons (Fsp3) is 0.167. The Kier molecular flexibility index (Phi) is 5.57. The molecule has 0 spiro atoms. The quantitative estimate of drug-likeness (QED) is 0.378. The molecular weight excluding hydrogens is 426 g/mol. The molecule has 1 fully saturated rings. The van der Waals surface area contributed by atoms with Gasteiger partial charge in [0.2, 0.25) is 0 Å². The smallest absolute Gasteiger partial charge is 0.255 e. The second-order valence-corrected chi connectivity index (χ2v) is 8.68. The molecule has 5 rings (SSSR count). The highest BCUT2D eigenvalue weighted by Gasteiger charge is 2.27. The molecule has 2 aliphatic heterocycles. The van der Waals surface area contributed by atoms with E-state index < -0.39 is 12.3 Å². The number of aliphatic hydroxyl groups excluding tert-OH is 1. The molecule has 162 valence electrons. The van der Waals surface area contributed by atoms with Gasteiger partial charge in [0, 0.05) is 26.6 Å². The largest absolute Gasteiger partial charge is 0.366 e. The Labute approximate surface area is 189 Å². The molecule has 7 nitrogen and oxygen atoms in total. The second-order valence-electron chi connectivity index (χ2n) is 7.60. The maximum atomic E-state index is 12.8. The summed E-state index contributed by atoms with van der Waals surface area (Å²) >= 11 is 1.67. The summed E-state index contributed by atoms with van der Waals surface area (Å²) in [5.74, 6) is -0.530. The number of carbonyl (C=O) groups is 2. The van der Waals surface area contributed by atoms with Crippen molar-refractivity contribution in [3.8, 4) is 0 Å². The molecule has 4 N–H and O–H groups in total. The number of fused-ring (bicyclic) bond motifs is 2. The zero-order valence-electron chi connectivity index (χ0n) is 17.0. The van der Waals surface area contributed by atoms with Gasteiger partial charge in [-0.15, -0.1) is 0 Å². The Hall–Kier alpha value is -3.33. The van der Waals surface area contributed by atoms with Crippen LogP contribution in [0.15, 0.2) is 76.5 Å². The van der Waals surface area contributed by atoms with Crippen LogP contribution in [0, 0.1) is 0 Å². The molecule has 1 saturated heterocycles. The molecule has 2 amide bonds. The van der Waals surface area contributed by atoms with E-state index in [0.717, 1.165) is 21.2 Å². The van der Waals surface area contributed by atoms with Gasteiger partial charge in [-0.1, -0.05) is 23.9 Å². The zero-order valence-corrected chi connectivity index (χ0v) is 17.8. The number of aliphatic hydroxyl groups is 1. The molecule has 2 heterocycles. The van der Waals surface area contributed by atoms with Crippen molar-refractivity contribution >= 4 is 40.6 Å². The molecule has 0 bridgehead atoms. The van der Waals surface area contributed by atoms with Gasteiger partial charge in [-0.3, -0.25) is 9.59 Å². The Balaban J connectivity index is 1.24. The van der Waals surface area contributed by atoms with Gasteiger partial charge in [-0.25, -0.2) is 0 Å². The first-order chi connectivity index (χ1) is 15.6. The Bertz CT molecular complexity index is 1180. The summed E-state index contributed by atoms with van der Waals surface area (Å²) in [6.07, 6.45) is -0.406. The highest BCUT2D eigenvalue weighted by atomic mass is 32.2. The van der Waals surface area contributed by atoms with Gasteiger partial charge in [-0.05, 0) is 61.0 Å². The van der Waals surface area contributed by atoms with Crippen LogP contribution in [0.5, 0.6) is 0 Å². The maximum Gasteiger partial charge on any atom is 0.255 e. The van der Waals surface area contributed by atoms with Crippen molar-refractivity contribution in [1.82, 2.24) is 5.32 Å². The van der Waals surface area contributed by atoms with E-state index in [1.807, 2.05) is 30.3 Å². The van der Waals surface area contributed by atoms with E-state index in [-0.39, 0.29) is 11.8 Å². The number of benzene rings is 3. The van der Waals surface area contributed by atoms with Crippen LogP contribution < -0.4 is 16.0 Å². The summed E-state index contributed by atoms with van der Waals surface area (Å²) in [6, 6.07) is 19.8. The number of hydrogen-bond acceptors (Lipinski definition) is 6. The summed E-state index contributed by atoms with van der Waals surface area (Å²) in [4.78, 5) is 27.3. The SMILES string of the molecule is O=C(Nc1ccc(C(=O)N[C@H]2CCOC2O)cc1)c1ccc2c(c1)Nc1ccccc1S2. The zero-order chi connectivity index (χ0) is 22.1. The van der Waals surface area contributed by atoms with Crippen LogP contribution in [-0.2, 0) is 4.74 Å². The Morgan fingerprint density at radius 1 is 0.938 bits per heavy atom. The average Bonchev–Trinajstić information content (AvgIpc) is 3.21. The predicted octanol–water partition coefficient (Wildman–Crippen LogP) is 3.98. The summed E-state index contributed by atoms with van der Waals surface area (Å²) in [5.41, 5.74) is 3.48. The van der Waals surface area contributed by atoms with Gasteiger partial charge >= 0.3 is 0 Å². The highest BCUT2D eigenvalue weighted by Crippen LogP contribution is 2.44. The second kappa shape index (κ2) is 8.66. The molecule has 0 radical (unpaired) electrons. The van der Waals surface area contributed by atoms with Crippen molar-refractivity contribution in [1.29, 1.82) is 0 Å². The number of nitrogens with one attached hydrogen (secondary N) is 3. The fourth-order valence-corrected chi connectivity index (χ4v) is 4.63. The number of rotatable bonds is 4. The summed E-state index contributed by atoms with van der Waals surface area (Å²) < 4.78 is 5.05. The third-order valence-electron chi connectivity index (χ3n) is 5.40. The van der Waals surface area contributed by atoms with Gasteiger partial charge in [0.05, 0.1) is 24.0 Å².